The van der Waals surface area contributed by atoms with Crippen LogP contribution in [0, 0.1) is 18.3 Å². The third-order valence-corrected chi connectivity index (χ3v) is 3.00. The van der Waals surface area contributed by atoms with Crippen molar-refractivity contribution in [3.8, 4) is 17.6 Å². The molecule has 0 radical (unpaired) electrons. The Hall–Kier alpha value is -3.06. The van der Waals surface area contributed by atoms with Gasteiger partial charge in [0.25, 0.3) is 0 Å². The number of carbonyl (C=O) groups is 1. The topological polar surface area (TPSA) is 59.3 Å². The van der Waals surface area contributed by atoms with Crippen molar-refractivity contribution >= 4 is 12.0 Å². The quantitative estimate of drug-likeness (QED) is 0.374. The molecule has 4 nitrogen and oxygen atoms in total. The number of benzene rings is 2. The second-order valence-corrected chi connectivity index (χ2v) is 4.65. The first-order valence-corrected chi connectivity index (χ1v) is 6.67. The predicted octanol–water partition coefficient (Wildman–Crippen LogP) is 3.52. The molecule has 0 spiro atoms. The molecule has 0 aliphatic heterocycles. The Bertz CT molecular complexity index is 722. The summed E-state index contributed by atoms with van der Waals surface area (Å²) in [7, 11) is 1.57. The van der Waals surface area contributed by atoms with Gasteiger partial charge in [-0.15, -0.1) is 0 Å². The van der Waals surface area contributed by atoms with Crippen LogP contribution < -0.4 is 9.47 Å². The van der Waals surface area contributed by atoms with Gasteiger partial charge in [-0.25, -0.2) is 4.79 Å². The van der Waals surface area contributed by atoms with Gasteiger partial charge in [-0.2, -0.15) is 5.26 Å². The van der Waals surface area contributed by atoms with Crippen LogP contribution >= 0.6 is 0 Å². The molecule has 2 aromatic rings. The van der Waals surface area contributed by atoms with E-state index in [1.807, 2.05) is 25.1 Å². The smallest absolute Gasteiger partial charge is 0.354 e. The van der Waals surface area contributed by atoms with Gasteiger partial charge in [0, 0.05) is 0 Å². The normalized spacial score (nSPS) is 10.7. The fourth-order valence-electron chi connectivity index (χ4n) is 1.77. The van der Waals surface area contributed by atoms with Crippen LogP contribution in [0.1, 0.15) is 11.1 Å². The zero-order valence-electron chi connectivity index (χ0n) is 12.4. The number of hydrogen-bond donors (Lipinski definition) is 0. The van der Waals surface area contributed by atoms with Crippen LogP contribution in [0.4, 0.5) is 0 Å². The highest BCUT2D eigenvalue weighted by atomic mass is 16.5. The molecule has 0 aliphatic carbocycles. The lowest BCUT2D eigenvalue weighted by Crippen LogP contribution is -2.10. The van der Waals surface area contributed by atoms with Crippen molar-refractivity contribution in [2.24, 2.45) is 0 Å². The van der Waals surface area contributed by atoms with Crippen molar-refractivity contribution in [3.05, 3.63) is 65.2 Å². The van der Waals surface area contributed by atoms with E-state index >= 15 is 0 Å². The van der Waals surface area contributed by atoms with Crippen molar-refractivity contribution in [1.82, 2.24) is 0 Å². The maximum absolute atomic E-state index is 12.0. The van der Waals surface area contributed by atoms with Gasteiger partial charge >= 0.3 is 5.97 Å². The SMILES string of the molecule is COc1ccc(/C=C(\C#N)C(=O)Oc2ccc(C)cc2)cc1. The van der Waals surface area contributed by atoms with Gasteiger partial charge in [-0.1, -0.05) is 29.8 Å². The van der Waals surface area contributed by atoms with E-state index in [0.717, 1.165) is 11.1 Å². The van der Waals surface area contributed by atoms with Gasteiger partial charge in [0.2, 0.25) is 0 Å². The number of nitrogens with zero attached hydrogens (tertiary/aromatic N) is 1. The Balaban J connectivity index is 2.15. The Morgan fingerprint density at radius 3 is 2.18 bits per heavy atom. The Morgan fingerprint density at radius 2 is 1.64 bits per heavy atom. The standard InChI is InChI=1S/C18H15NO3/c1-13-3-7-17(8-4-13)22-18(20)15(12-19)11-14-5-9-16(21-2)10-6-14/h3-11H,1-2H3/b15-11+. The van der Waals surface area contributed by atoms with E-state index in [1.54, 1.807) is 43.5 Å². The molecule has 0 N–H and O–H groups in total. The lowest BCUT2D eigenvalue weighted by Gasteiger charge is -2.04. The van der Waals surface area contributed by atoms with E-state index in [2.05, 4.69) is 0 Å². The maximum Gasteiger partial charge on any atom is 0.354 e. The Labute approximate surface area is 129 Å². The average molecular weight is 293 g/mol. The van der Waals surface area contributed by atoms with Crippen LogP contribution in [0.2, 0.25) is 0 Å². The van der Waals surface area contributed by atoms with Gasteiger partial charge < -0.3 is 9.47 Å². The van der Waals surface area contributed by atoms with Crippen molar-refractivity contribution in [2.75, 3.05) is 7.11 Å². The van der Waals surface area contributed by atoms with Crippen molar-refractivity contribution in [3.63, 3.8) is 0 Å². The summed E-state index contributed by atoms with van der Waals surface area (Å²) in [5.41, 5.74) is 1.72. The summed E-state index contributed by atoms with van der Waals surface area (Å²) in [6.07, 6.45) is 1.48. The lowest BCUT2D eigenvalue weighted by molar-refractivity contribution is -0.129. The van der Waals surface area contributed by atoms with Gasteiger partial charge in [0.15, 0.2) is 0 Å². The average Bonchev–Trinajstić information content (AvgIpc) is 2.55. The first kappa shape index (κ1) is 15.3. The molecule has 0 saturated carbocycles. The number of aryl methyl sites for hydroxylation is 1. The minimum absolute atomic E-state index is 0.0641. The van der Waals surface area contributed by atoms with Gasteiger partial charge in [-0.05, 0) is 42.8 Å². The first-order chi connectivity index (χ1) is 10.6. The molecule has 0 aromatic heterocycles. The second kappa shape index (κ2) is 7.09. The highest BCUT2D eigenvalue weighted by Gasteiger charge is 2.12. The summed E-state index contributed by atoms with van der Waals surface area (Å²) in [5, 5.41) is 9.14. The number of hydrogen-bond acceptors (Lipinski definition) is 4. The zero-order chi connectivity index (χ0) is 15.9. The monoisotopic (exact) mass is 293 g/mol. The molecule has 0 aliphatic rings. The number of esters is 1. The third kappa shape index (κ3) is 3.97. The second-order valence-electron chi connectivity index (χ2n) is 4.65. The fraction of sp³-hybridized carbons (Fsp3) is 0.111. The van der Waals surface area contributed by atoms with E-state index in [-0.39, 0.29) is 5.57 Å². The van der Waals surface area contributed by atoms with Crippen LogP contribution in [-0.2, 0) is 4.79 Å². The highest BCUT2D eigenvalue weighted by molar-refractivity contribution is 5.99. The Kier molecular flexibility index (Phi) is 4.94. The fourth-order valence-corrected chi connectivity index (χ4v) is 1.77. The largest absolute Gasteiger partial charge is 0.497 e. The minimum Gasteiger partial charge on any atom is -0.497 e. The van der Waals surface area contributed by atoms with Crippen molar-refractivity contribution < 1.29 is 14.3 Å². The van der Waals surface area contributed by atoms with Gasteiger partial charge in [0.1, 0.15) is 23.1 Å². The van der Waals surface area contributed by atoms with Crippen LogP contribution in [0.15, 0.2) is 54.1 Å². The number of carbonyl (C=O) groups excluding carboxylic acids is 1. The minimum atomic E-state index is -0.679. The molecule has 0 heterocycles. The predicted molar refractivity (Wildman–Crippen MR) is 83.4 cm³/mol. The number of methoxy groups -OCH3 is 1. The molecule has 0 bridgehead atoms. The van der Waals surface area contributed by atoms with Crippen LogP contribution in [-0.4, -0.2) is 13.1 Å². The molecule has 0 unspecified atom stereocenters. The van der Waals surface area contributed by atoms with Crippen LogP contribution in [0.25, 0.3) is 6.08 Å². The molecule has 0 atom stereocenters. The molecule has 0 saturated heterocycles. The van der Waals surface area contributed by atoms with Crippen LogP contribution in [0.3, 0.4) is 0 Å². The van der Waals surface area contributed by atoms with E-state index in [0.29, 0.717) is 11.5 Å². The van der Waals surface area contributed by atoms with E-state index in [9.17, 15) is 4.79 Å². The maximum atomic E-state index is 12.0. The highest BCUT2D eigenvalue weighted by Crippen LogP contribution is 2.16. The zero-order valence-corrected chi connectivity index (χ0v) is 12.4. The summed E-state index contributed by atoms with van der Waals surface area (Å²) < 4.78 is 10.2. The number of rotatable bonds is 4. The van der Waals surface area contributed by atoms with E-state index in [1.165, 1.54) is 6.08 Å². The number of ether oxygens (including phenoxy) is 2. The summed E-state index contributed by atoms with van der Waals surface area (Å²) in [6.45, 7) is 1.94. The summed E-state index contributed by atoms with van der Waals surface area (Å²) in [6, 6.07) is 15.9. The Morgan fingerprint density at radius 1 is 1.05 bits per heavy atom. The van der Waals surface area contributed by atoms with Gasteiger partial charge in [0.05, 0.1) is 7.11 Å². The first-order valence-electron chi connectivity index (χ1n) is 6.67. The third-order valence-electron chi connectivity index (χ3n) is 3.00. The molecule has 110 valence electrons. The van der Waals surface area contributed by atoms with Gasteiger partial charge in [-0.3, -0.25) is 0 Å². The molecule has 2 aromatic carbocycles. The lowest BCUT2D eigenvalue weighted by atomic mass is 10.1. The summed E-state index contributed by atoms with van der Waals surface area (Å²) in [4.78, 5) is 12.0. The molecule has 4 heteroatoms. The molecular weight excluding hydrogens is 278 g/mol. The molecular formula is C18H15NO3. The van der Waals surface area contributed by atoms with E-state index in [4.69, 9.17) is 14.7 Å². The van der Waals surface area contributed by atoms with Crippen molar-refractivity contribution in [1.29, 1.82) is 5.26 Å². The number of nitriles is 1. The van der Waals surface area contributed by atoms with Crippen molar-refractivity contribution in [2.45, 2.75) is 6.92 Å². The van der Waals surface area contributed by atoms with Crippen LogP contribution in [0.5, 0.6) is 11.5 Å². The molecule has 0 amide bonds. The molecule has 2 rings (SSSR count). The molecule has 22 heavy (non-hydrogen) atoms. The summed E-state index contributed by atoms with van der Waals surface area (Å²) in [5.74, 6) is 0.437. The summed E-state index contributed by atoms with van der Waals surface area (Å²) >= 11 is 0. The molecule has 0 fully saturated rings. The van der Waals surface area contributed by atoms with E-state index < -0.39 is 5.97 Å².